The number of nitrogens with two attached hydrogens (primary N) is 1. The predicted octanol–water partition coefficient (Wildman–Crippen LogP) is -0.131. The summed E-state index contributed by atoms with van der Waals surface area (Å²) in [6.45, 7) is 14.8. The molecule has 0 atom stereocenters. The molecule has 182 valence electrons. The standard InChI is InChI=1S/C22H44N10/c1-4-29(2)15-17-32(20-22-6-9-26-28-22)14-11-24-10-13-30(3)16-18-31(12-7-23)19-21-5-8-25-27-21/h5-6,8-9,24H,4,7,10-20,23H2,1-3H3,(H,25,27)(H,26,28). The van der Waals surface area contributed by atoms with Crippen LogP contribution in [-0.2, 0) is 13.1 Å². The summed E-state index contributed by atoms with van der Waals surface area (Å²) < 4.78 is 0. The van der Waals surface area contributed by atoms with Crippen molar-refractivity contribution >= 4 is 0 Å². The van der Waals surface area contributed by atoms with E-state index in [0.717, 1.165) is 84.2 Å². The number of aromatic amines is 2. The molecule has 0 unspecified atom stereocenters. The lowest BCUT2D eigenvalue weighted by atomic mass is 10.3. The quantitative estimate of drug-likeness (QED) is 0.220. The summed E-state index contributed by atoms with van der Waals surface area (Å²) in [5, 5.41) is 17.8. The lowest BCUT2D eigenvalue weighted by molar-refractivity contribution is 0.213. The molecule has 0 aliphatic heterocycles. The number of H-pyrrole nitrogens is 2. The summed E-state index contributed by atoms with van der Waals surface area (Å²) in [6.07, 6.45) is 3.62. The van der Waals surface area contributed by atoms with E-state index in [2.05, 4.69) is 72.4 Å². The van der Waals surface area contributed by atoms with Crippen molar-refractivity contribution in [3.05, 3.63) is 35.9 Å². The molecule has 0 aliphatic rings. The van der Waals surface area contributed by atoms with Crippen LogP contribution in [0.2, 0.25) is 0 Å². The van der Waals surface area contributed by atoms with Crippen LogP contribution >= 0.6 is 0 Å². The van der Waals surface area contributed by atoms with Gasteiger partial charge in [0.2, 0.25) is 0 Å². The third kappa shape index (κ3) is 11.2. The fourth-order valence-electron chi connectivity index (χ4n) is 3.48. The number of hydrogen-bond donors (Lipinski definition) is 4. The number of rotatable bonds is 19. The SMILES string of the molecule is CCN(C)CCN(CCNCCN(C)CCN(CCN)Cc1ccn[nH]1)Cc1ccn[nH]1. The fourth-order valence-corrected chi connectivity index (χ4v) is 3.48. The Bertz CT molecular complexity index is 660. The Labute approximate surface area is 193 Å². The zero-order chi connectivity index (χ0) is 23.0. The van der Waals surface area contributed by atoms with E-state index < -0.39 is 0 Å². The van der Waals surface area contributed by atoms with Gasteiger partial charge in [-0.1, -0.05) is 6.92 Å². The zero-order valence-corrected chi connectivity index (χ0v) is 20.3. The van der Waals surface area contributed by atoms with E-state index in [0.29, 0.717) is 6.54 Å². The summed E-state index contributed by atoms with van der Waals surface area (Å²) in [7, 11) is 4.36. The molecule has 10 heteroatoms. The van der Waals surface area contributed by atoms with E-state index in [1.807, 2.05) is 12.3 Å². The molecule has 0 radical (unpaired) electrons. The maximum Gasteiger partial charge on any atom is 0.0492 e. The van der Waals surface area contributed by atoms with Gasteiger partial charge < -0.3 is 20.9 Å². The molecule has 2 heterocycles. The maximum atomic E-state index is 5.79. The van der Waals surface area contributed by atoms with Crippen LogP contribution in [-0.4, -0.2) is 126 Å². The molecule has 5 N–H and O–H groups in total. The van der Waals surface area contributed by atoms with Crippen molar-refractivity contribution in [3.63, 3.8) is 0 Å². The lowest BCUT2D eigenvalue weighted by Gasteiger charge is -2.26. The molecule has 2 aromatic rings. The Hall–Kier alpha value is -1.82. The molecular formula is C22H44N10. The van der Waals surface area contributed by atoms with Gasteiger partial charge in [-0.3, -0.25) is 20.0 Å². The van der Waals surface area contributed by atoms with Crippen molar-refractivity contribution in [2.45, 2.75) is 20.0 Å². The van der Waals surface area contributed by atoms with Gasteiger partial charge in [-0.25, -0.2) is 0 Å². The molecule has 0 bridgehead atoms. The highest BCUT2D eigenvalue weighted by Crippen LogP contribution is 2.01. The molecule has 2 aromatic heterocycles. The molecule has 10 nitrogen and oxygen atoms in total. The Balaban J connectivity index is 1.62. The van der Waals surface area contributed by atoms with Gasteiger partial charge in [-0.2, -0.15) is 10.2 Å². The monoisotopic (exact) mass is 448 g/mol. The minimum atomic E-state index is 0.669. The van der Waals surface area contributed by atoms with Crippen LogP contribution in [0.5, 0.6) is 0 Å². The number of hydrogen-bond acceptors (Lipinski definition) is 8. The molecule has 0 aliphatic carbocycles. The van der Waals surface area contributed by atoms with Gasteiger partial charge in [0.25, 0.3) is 0 Å². The average molecular weight is 449 g/mol. The molecule has 0 aromatic carbocycles. The van der Waals surface area contributed by atoms with Crippen molar-refractivity contribution in [1.29, 1.82) is 0 Å². The molecule has 0 fully saturated rings. The van der Waals surface area contributed by atoms with Crippen molar-refractivity contribution in [1.82, 2.24) is 45.3 Å². The number of nitrogens with one attached hydrogen (secondary N) is 3. The molecule has 0 spiro atoms. The summed E-state index contributed by atoms with van der Waals surface area (Å²) >= 11 is 0. The first kappa shape index (κ1) is 26.4. The highest BCUT2D eigenvalue weighted by molar-refractivity contribution is 4.97. The normalized spacial score (nSPS) is 12.1. The van der Waals surface area contributed by atoms with E-state index >= 15 is 0 Å². The van der Waals surface area contributed by atoms with Crippen molar-refractivity contribution in [3.8, 4) is 0 Å². The molecule has 2 rings (SSSR count). The van der Waals surface area contributed by atoms with E-state index in [9.17, 15) is 0 Å². The minimum Gasteiger partial charge on any atom is -0.329 e. The second kappa shape index (κ2) is 15.9. The summed E-state index contributed by atoms with van der Waals surface area (Å²) in [5.74, 6) is 0. The van der Waals surface area contributed by atoms with Gasteiger partial charge in [-0.15, -0.1) is 0 Å². The largest absolute Gasteiger partial charge is 0.329 e. The van der Waals surface area contributed by atoms with E-state index in [-0.39, 0.29) is 0 Å². The summed E-state index contributed by atoms with van der Waals surface area (Å²) in [6, 6.07) is 4.08. The second-order valence-electron chi connectivity index (χ2n) is 8.45. The first-order chi connectivity index (χ1) is 15.6. The van der Waals surface area contributed by atoms with E-state index in [1.54, 1.807) is 6.20 Å². The van der Waals surface area contributed by atoms with Crippen LogP contribution in [0, 0.1) is 0 Å². The van der Waals surface area contributed by atoms with Gasteiger partial charge in [0.05, 0.1) is 0 Å². The lowest BCUT2D eigenvalue weighted by Crippen LogP contribution is -2.40. The Kier molecular flexibility index (Phi) is 13.1. The highest BCUT2D eigenvalue weighted by Gasteiger charge is 2.10. The van der Waals surface area contributed by atoms with E-state index in [4.69, 9.17) is 5.73 Å². The third-order valence-electron chi connectivity index (χ3n) is 5.76. The molecule has 32 heavy (non-hydrogen) atoms. The Morgan fingerprint density at radius 3 is 1.88 bits per heavy atom. The zero-order valence-electron chi connectivity index (χ0n) is 20.3. The van der Waals surface area contributed by atoms with Crippen LogP contribution in [0.3, 0.4) is 0 Å². The van der Waals surface area contributed by atoms with Crippen LogP contribution < -0.4 is 11.1 Å². The maximum absolute atomic E-state index is 5.79. The summed E-state index contributed by atoms with van der Waals surface area (Å²) in [5.41, 5.74) is 8.09. The van der Waals surface area contributed by atoms with Gasteiger partial charge in [0.1, 0.15) is 0 Å². The van der Waals surface area contributed by atoms with Gasteiger partial charge >= 0.3 is 0 Å². The Morgan fingerprint density at radius 1 is 0.781 bits per heavy atom. The van der Waals surface area contributed by atoms with Gasteiger partial charge in [-0.05, 0) is 32.8 Å². The van der Waals surface area contributed by atoms with Gasteiger partial charge in [0, 0.05) is 102 Å². The van der Waals surface area contributed by atoms with Crippen molar-refractivity contribution in [2.24, 2.45) is 5.73 Å². The molecule has 0 amide bonds. The van der Waals surface area contributed by atoms with Crippen molar-refractivity contribution < 1.29 is 0 Å². The van der Waals surface area contributed by atoms with Gasteiger partial charge in [0.15, 0.2) is 0 Å². The number of nitrogens with zero attached hydrogens (tertiary/aromatic N) is 6. The highest BCUT2D eigenvalue weighted by atomic mass is 15.2. The van der Waals surface area contributed by atoms with Crippen molar-refractivity contribution in [2.75, 3.05) is 86.1 Å². The van der Waals surface area contributed by atoms with Crippen LogP contribution in [0.1, 0.15) is 18.3 Å². The molecular weight excluding hydrogens is 404 g/mol. The average Bonchev–Trinajstić information content (AvgIpc) is 3.49. The Morgan fingerprint density at radius 2 is 1.34 bits per heavy atom. The second-order valence-corrected chi connectivity index (χ2v) is 8.45. The fraction of sp³-hybridized carbons (Fsp3) is 0.727. The predicted molar refractivity (Wildman–Crippen MR) is 130 cm³/mol. The smallest absolute Gasteiger partial charge is 0.0492 e. The van der Waals surface area contributed by atoms with E-state index in [1.165, 1.54) is 5.69 Å². The number of aromatic nitrogens is 4. The third-order valence-corrected chi connectivity index (χ3v) is 5.76. The first-order valence-corrected chi connectivity index (χ1v) is 11.8. The van der Waals surface area contributed by atoms with Crippen LogP contribution in [0.15, 0.2) is 24.5 Å². The van der Waals surface area contributed by atoms with Crippen LogP contribution in [0.4, 0.5) is 0 Å². The summed E-state index contributed by atoms with van der Waals surface area (Å²) in [4.78, 5) is 9.58. The minimum absolute atomic E-state index is 0.669. The first-order valence-electron chi connectivity index (χ1n) is 11.8. The molecule has 0 saturated heterocycles. The van der Waals surface area contributed by atoms with Crippen LogP contribution in [0.25, 0.3) is 0 Å². The topological polar surface area (TPSA) is 108 Å². The number of likely N-dealkylation sites (N-methyl/N-ethyl adjacent to an activating group) is 2. The molecule has 0 saturated carbocycles.